The molecule has 1 N–H and O–H groups in total. The van der Waals surface area contributed by atoms with Crippen molar-refractivity contribution in [1.82, 2.24) is 10.2 Å². The molecule has 0 aromatic carbocycles. The van der Waals surface area contributed by atoms with Crippen LogP contribution in [0.5, 0.6) is 0 Å². The van der Waals surface area contributed by atoms with Crippen molar-refractivity contribution in [3.8, 4) is 0 Å². The second kappa shape index (κ2) is 3.96. The summed E-state index contributed by atoms with van der Waals surface area (Å²) in [5, 5.41) is 2.90. The molecule has 66 valence electrons. The van der Waals surface area contributed by atoms with Crippen molar-refractivity contribution >= 4 is 18.7 Å². The zero-order valence-electron chi connectivity index (χ0n) is 6.53. The number of nitrogens with one attached hydrogen (secondary N) is 1. The van der Waals surface area contributed by atoms with Gasteiger partial charge in [-0.25, -0.2) is 4.90 Å². The predicted octanol–water partition coefficient (Wildman–Crippen LogP) is -1.12. The molecule has 0 bridgehead atoms. The van der Waals surface area contributed by atoms with Crippen molar-refractivity contribution in [1.29, 1.82) is 0 Å². The number of nitrogens with zero attached hydrogens (tertiary/aromatic N) is 1. The number of hydrogen-bond acceptors (Lipinski definition) is 4. The predicted molar refractivity (Wildman–Crippen MR) is 40.0 cm³/mol. The first kappa shape index (κ1) is 8.86. The monoisotopic (exact) mass is 170 g/mol. The Kier molecular flexibility index (Phi) is 2.93. The average molecular weight is 170 g/mol. The minimum absolute atomic E-state index is 0.231. The van der Waals surface area contributed by atoms with Crippen LogP contribution in [0.4, 0.5) is 0 Å². The third kappa shape index (κ3) is 1.68. The van der Waals surface area contributed by atoms with Crippen molar-refractivity contribution < 1.29 is 14.4 Å². The summed E-state index contributed by atoms with van der Waals surface area (Å²) in [5.41, 5.74) is 0. The highest BCUT2D eigenvalue weighted by atomic mass is 16.2. The molecule has 0 radical (unpaired) electrons. The van der Waals surface area contributed by atoms with E-state index in [1.165, 1.54) is 0 Å². The molecule has 1 heterocycles. The summed E-state index contributed by atoms with van der Waals surface area (Å²) in [6, 6.07) is -0.361. The first-order valence-corrected chi connectivity index (χ1v) is 3.75. The van der Waals surface area contributed by atoms with Gasteiger partial charge >= 0.3 is 0 Å². The van der Waals surface area contributed by atoms with Gasteiger partial charge in [-0.3, -0.25) is 14.4 Å². The van der Waals surface area contributed by atoms with E-state index in [1.807, 2.05) is 0 Å². The lowest BCUT2D eigenvalue weighted by molar-refractivity contribution is -0.144. The van der Waals surface area contributed by atoms with Gasteiger partial charge in [0.1, 0.15) is 0 Å². The molecule has 1 aliphatic heterocycles. The van der Waals surface area contributed by atoms with E-state index in [0.717, 1.165) is 13.0 Å². The molecule has 0 aliphatic carbocycles. The molecule has 5 nitrogen and oxygen atoms in total. The summed E-state index contributed by atoms with van der Waals surface area (Å²) in [7, 11) is 0. The van der Waals surface area contributed by atoms with E-state index in [9.17, 15) is 14.4 Å². The first-order chi connectivity index (χ1) is 5.79. The Morgan fingerprint density at radius 1 is 1.42 bits per heavy atom. The van der Waals surface area contributed by atoms with Crippen molar-refractivity contribution in [2.45, 2.75) is 18.9 Å². The van der Waals surface area contributed by atoms with Crippen molar-refractivity contribution in [3.05, 3.63) is 0 Å². The van der Waals surface area contributed by atoms with E-state index in [4.69, 9.17) is 0 Å². The van der Waals surface area contributed by atoms with Crippen LogP contribution in [0.25, 0.3) is 0 Å². The van der Waals surface area contributed by atoms with E-state index >= 15 is 0 Å². The third-order valence-corrected chi connectivity index (χ3v) is 1.84. The fraction of sp³-hybridized carbons (Fsp3) is 0.571. The number of hydrogen-bond donors (Lipinski definition) is 1. The second-order valence-electron chi connectivity index (χ2n) is 2.61. The summed E-state index contributed by atoms with van der Waals surface area (Å²) in [5.74, 6) is -0.461. The Bertz CT molecular complexity index is 191. The highest BCUT2D eigenvalue weighted by molar-refractivity contribution is 5.99. The summed E-state index contributed by atoms with van der Waals surface area (Å²) in [4.78, 5) is 32.1. The maximum Gasteiger partial charge on any atom is 0.252 e. The van der Waals surface area contributed by atoms with Crippen molar-refractivity contribution in [2.24, 2.45) is 0 Å². The maximum absolute atomic E-state index is 11.2. The van der Waals surface area contributed by atoms with E-state index in [-0.39, 0.29) is 18.9 Å². The average Bonchev–Trinajstić information content (AvgIpc) is 2.58. The molecule has 12 heavy (non-hydrogen) atoms. The summed E-state index contributed by atoms with van der Waals surface area (Å²) in [6.07, 6.45) is 2.06. The van der Waals surface area contributed by atoms with Crippen LogP contribution in [-0.4, -0.2) is 36.2 Å². The van der Waals surface area contributed by atoms with Crippen LogP contribution >= 0.6 is 0 Å². The molecule has 1 saturated heterocycles. The van der Waals surface area contributed by atoms with E-state index in [0.29, 0.717) is 11.3 Å². The lowest BCUT2D eigenvalue weighted by Gasteiger charge is -2.12. The van der Waals surface area contributed by atoms with Crippen molar-refractivity contribution in [3.63, 3.8) is 0 Å². The lowest BCUT2D eigenvalue weighted by atomic mass is 10.2. The Labute approximate surface area is 69.7 Å². The molecule has 0 spiro atoms. The van der Waals surface area contributed by atoms with E-state index in [2.05, 4.69) is 5.32 Å². The minimum atomic E-state index is -0.461. The highest BCUT2D eigenvalue weighted by Gasteiger charge is 2.26. The van der Waals surface area contributed by atoms with Gasteiger partial charge in [-0.05, 0) is 19.4 Å². The van der Waals surface area contributed by atoms with Gasteiger partial charge in [0.25, 0.3) is 5.91 Å². The Morgan fingerprint density at radius 3 is 2.50 bits per heavy atom. The number of amides is 3. The second-order valence-corrected chi connectivity index (χ2v) is 2.61. The van der Waals surface area contributed by atoms with E-state index < -0.39 is 5.91 Å². The van der Waals surface area contributed by atoms with Crippen LogP contribution in [-0.2, 0) is 14.4 Å². The van der Waals surface area contributed by atoms with Crippen LogP contribution in [0.15, 0.2) is 0 Å². The summed E-state index contributed by atoms with van der Waals surface area (Å²) in [6.45, 7) is 0.766. The maximum atomic E-state index is 11.2. The zero-order valence-corrected chi connectivity index (χ0v) is 6.53. The fourth-order valence-electron chi connectivity index (χ4n) is 1.20. The number of carbonyl (C=O) groups excluding carboxylic acids is 3. The molecular formula is C7H10N2O3. The van der Waals surface area contributed by atoms with Crippen LogP contribution in [0.2, 0.25) is 0 Å². The largest absolute Gasteiger partial charge is 0.306 e. The summed E-state index contributed by atoms with van der Waals surface area (Å²) >= 11 is 0. The number of carbonyl (C=O) groups is 3. The molecule has 0 aromatic heterocycles. The SMILES string of the molecule is O=CN(C=O)C(=O)C1CCCN1. The Hall–Kier alpha value is -1.23. The topological polar surface area (TPSA) is 66.5 Å². The molecule has 1 aliphatic rings. The van der Waals surface area contributed by atoms with Gasteiger partial charge in [-0.15, -0.1) is 0 Å². The standard InChI is InChI=1S/C7H10N2O3/c10-4-9(5-11)7(12)6-2-1-3-8-6/h4-6,8H,1-3H2. The number of rotatable bonds is 3. The first-order valence-electron chi connectivity index (χ1n) is 3.75. The van der Waals surface area contributed by atoms with Crippen molar-refractivity contribution in [2.75, 3.05) is 6.54 Å². The number of imide groups is 3. The lowest BCUT2D eigenvalue weighted by Crippen LogP contribution is -2.42. The molecule has 1 unspecified atom stereocenters. The van der Waals surface area contributed by atoms with E-state index in [1.54, 1.807) is 0 Å². The van der Waals surface area contributed by atoms with Crippen LogP contribution in [0, 0.1) is 0 Å². The van der Waals surface area contributed by atoms with Gasteiger partial charge in [0.15, 0.2) is 0 Å². The Balaban J connectivity index is 2.54. The Morgan fingerprint density at radius 2 is 2.08 bits per heavy atom. The fourth-order valence-corrected chi connectivity index (χ4v) is 1.20. The molecule has 0 aromatic rings. The third-order valence-electron chi connectivity index (χ3n) is 1.84. The molecular weight excluding hydrogens is 160 g/mol. The van der Waals surface area contributed by atoms with Crippen LogP contribution in [0.3, 0.4) is 0 Å². The van der Waals surface area contributed by atoms with Crippen LogP contribution in [0.1, 0.15) is 12.8 Å². The quantitative estimate of drug-likeness (QED) is 0.545. The smallest absolute Gasteiger partial charge is 0.252 e. The molecule has 1 fully saturated rings. The minimum Gasteiger partial charge on any atom is -0.306 e. The molecule has 0 saturated carbocycles. The normalized spacial score (nSPS) is 21.8. The van der Waals surface area contributed by atoms with Gasteiger partial charge < -0.3 is 5.32 Å². The van der Waals surface area contributed by atoms with Gasteiger partial charge in [0.05, 0.1) is 6.04 Å². The molecule has 1 atom stereocenters. The molecule has 3 amide bonds. The molecule has 1 rings (SSSR count). The highest BCUT2D eigenvalue weighted by Crippen LogP contribution is 2.06. The van der Waals surface area contributed by atoms with Crippen LogP contribution < -0.4 is 5.32 Å². The van der Waals surface area contributed by atoms with Gasteiger partial charge in [0, 0.05) is 0 Å². The zero-order chi connectivity index (χ0) is 8.97. The molecule has 5 heteroatoms. The van der Waals surface area contributed by atoms with Gasteiger partial charge in [-0.2, -0.15) is 0 Å². The van der Waals surface area contributed by atoms with Gasteiger partial charge in [0.2, 0.25) is 12.8 Å². The summed E-state index contributed by atoms with van der Waals surface area (Å²) < 4.78 is 0. The van der Waals surface area contributed by atoms with Gasteiger partial charge in [-0.1, -0.05) is 0 Å².